The van der Waals surface area contributed by atoms with Gasteiger partial charge < -0.3 is 24.9 Å². The summed E-state index contributed by atoms with van der Waals surface area (Å²) in [5.74, 6) is 0.772. The summed E-state index contributed by atoms with van der Waals surface area (Å²) in [6, 6.07) is 5.74. The van der Waals surface area contributed by atoms with Crippen molar-refractivity contribution in [3.63, 3.8) is 0 Å². The van der Waals surface area contributed by atoms with Crippen molar-refractivity contribution in [2.24, 2.45) is 0 Å². The standard InChI is InChI=1S/C21H23F3N6O3/c1-30-18-19(32-10-25-30)17-16(27-20(18)26-12-5-7-13(31)8-6-12)15(28-29-17)11-3-2-4-14(9-11)33-21(22,23)24/h2-4,9,12-13,25,31H,5-8,10H2,1H3,(H,26,27)(H,28,29). The third kappa shape index (κ3) is 4.35. The van der Waals surface area contributed by atoms with E-state index in [4.69, 9.17) is 9.72 Å². The Kier molecular flexibility index (Phi) is 5.41. The number of nitrogens with one attached hydrogen (secondary N) is 3. The number of aromatic amines is 1. The molecular formula is C21H23F3N6O3. The Balaban J connectivity index is 1.58. The zero-order valence-corrected chi connectivity index (χ0v) is 17.7. The molecule has 4 N–H and O–H groups in total. The lowest BCUT2D eigenvalue weighted by Gasteiger charge is -2.32. The van der Waals surface area contributed by atoms with E-state index in [1.807, 2.05) is 12.1 Å². The van der Waals surface area contributed by atoms with Gasteiger partial charge in [-0.15, -0.1) is 13.2 Å². The molecule has 3 heterocycles. The van der Waals surface area contributed by atoms with Crippen molar-refractivity contribution in [1.29, 1.82) is 0 Å². The van der Waals surface area contributed by atoms with Crippen molar-refractivity contribution in [3.8, 4) is 22.8 Å². The van der Waals surface area contributed by atoms with Gasteiger partial charge in [-0.05, 0) is 37.8 Å². The Morgan fingerprint density at radius 1 is 1.24 bits per heavy atom. The van der Waals surface area contributed by atoms with Crippen LogP contribution in [0.2, 0.25) is 0 Å². The minimum atomic E-state index is -4.79. The van der Waals surface area contributed by atoms with Crippen LogP contribution in [0.5, 0.6) is 11.5 Å². The monoisotopic (exact) mass is 464 g/mol. The smallest absolute Gasteiger partial charge is 0.472 e. The van der Waals surface area contributed by atoms with E-state index in [1.165, 1.54) is 18.2 Å². The summed E-state index contributed by atoms with van der Waals surface area (Å²) in [6.45, 7) is 0.237. The number of halogens is 3. The van der Waals surface area contributed by atoms with Crippen LogP contribution >= 0.6 is 0 Å². The summed E-state index contributed by atoms with van der Waals surface area (Å²) in [7, 11) is 1.85. The van der Waals surface area contributed by atoms with Gasteiger partial charge in [0.25, 0.3) is 0 Å². The van der Waals surface area contributed by atoms with Crippen molar-refractivity contribution in [1.82, 2.24) is 20.6 Å². The second kappa shape index (κ2) is 8.27. The van der Waals surface area contributed by atoms with Crippen LogP contribution in [0.25, 0.3) is 22.3 Å². The number of aliphatic hydroxyl groups is 1. The van der Waals surface area contributed by atoms with E-state index in [0.717, 1.165) is 12.8 Å². The maximum absolute atomic E-state index is 12.7. The maximum Gasteiger partial charge on any atom is 0.573 e. The molecule has 1 aliphatic heterocycles. The Hall–Kier alpha value is -3.25. The second-order valence-electron chi connectivity index (χ2n) is 8.17. The van der Waals surface area contributed by atoms with Gasteiger partial charge in [-0.2, -0.15) is 10.5 Å². The number of aliphatic hydroxyl groups excluding tert-OH is 1. The van der Waals surface area contributed by atoms with Gasteiger partial charge in [0.15, 0.2) is 18.3 Å². The third-order valence-electron chi connectivity index (χ3n) is 5.86. The number of benzene rings is 1. The Morgan fingerprint density at radius 3 is 2.79 bits per heavy atom. The average molecular weight is 464 g/mol. The summed E-state index contributed by atoms with van der Waals surface area (Å²) in [5, 5.41) is 22.3. The first-order chi connectivity index (χ1) is 15.8. The van der Waals surface area contributed by atoms with Crippen LogP contribution in [0.3, 0.4) is 0 Å². The molecule has 0 amide bonds. The minimum absolute atomic E-state index is 0.122. The number of hydrazine groups is 1. The number of alkyl halides is 3. The van der Waals surface area contributed by atoms with Crippen molar-refractivity contribution < 1.29 is 27.8 Å². The number of pyridine rings is 1. The average Bonchev–Trinajstić information content (AvgIpc) is 3.18. The highest BCUT2D eigenvalue weighted by atomic mass is 19.4. The maximum atomic E-state index is 12.7. The van der Waals surface area contributed by atoms with Crippen molar-refractivity contribution in [2.75, 3.05) is 24.1 Å². The fourth-order valence-electron chi connectivity index (χ4n) is 4.28. The van der Waals surface area contributed by atoms with Crippen LogP contribution in [0.1, 0.15) is 25.7 Å². The summed E-state index contributed by atoms with van der Waals surface area (Å²) >= 11 is 0. The fourth-order valence-corrected chi connectivity index (χ4v) is 4.28. The largest absolute Gasteiger partial charge is 0.573 e. The number of hydrogen-bond acceptors (Lipinski definition) is 8. The molecule has 2 aliphatic rings. The molecule has 176 valence electrons. The molecule has 2 aromatic heterocycles. The molecule has 5 rings (SSSR count). The third-order valence-corrected chi connectivity index (χ3v) is 5.86. The number of ether oxygens (including phenoxy) is 2. The SMILES string of the molecule is CN1NCOc2c1c(NC1CCC(O)CC1)nc1c(-c3cccc(OC(F)(F)F)c3)n[nH]c21. The molecule has 1 aromatic carbocycles. The van der Waals surface area contributed by atoms with Crippen molar-refractivity contribution in [3.05, 3.63) is 24.3 Å². The van der Waals surface area contributed by atoms with Crippen molar-refractivity contribution >= 4 is 22.5 Å². The molecule has 1 fully saturated rings. The lowest BCUT2D eigenvalue weighted by molar-refractivity contribution is -0.274. The van der Waals surface area contributed by atoms with Gasteiger partial charge in [0.1, 0.15) is 28.2 Å². The molecule has 1 aliphatic carbocycles. The normalized spacial score (nSPS) is 20.9. The van der Waals surface area contributed by atoms with Gasteiger partial charge in [-0.1, -0.05) is 12.1 Å². The molecule has 12 heteroatoms. The van der Waals surface area contributed by atoms with E-state index in [1.54, 1.807) is 6.07 Å². The van der Waals surface area contributed by atoms with Crippen LogP contribution in [0, 0.1) is 0 Å². The zero-order chi connectivity index (χ0) is 23.2. The first-order valence-corrected chi connectivity index (χ1v) is 10.6. The fraction of sp³-hybridized carbons (Fsp3) is 0.429. The Morgan fingerprint density at radius 2 is 2.03 bits per heavy atom. The highest BCUT2D eigenvalue weighted by Gasteiger charge is 2.32. The first-order valence-electron chi connectivity index (χ1n) is 10.6. The van der Waals surface area contributed by atoms with Crippen LogP contribution in [0.15, 0.2) is 24.3 Å². The van der Waals surface area contributed by atoms with Crippen LogP contribution in [0.4, 0.5) is 24.7 Å². The van der Waals surface area contributed by atoms with Crippen LogP contribution in [-0.2, 0) is 0 Å². The molecule has 9 nitrogen and oxygen atoms in total. The summed E-state index contributed by atoms with van der Waals surface area (Å²) in [6.07, 6.45) is -2.08. The van der Waals surface area contributed by atoms with E-state index < -0.39 is 6.36 Å². The number of aromatic nitrogens is 3. The number of fused-ring (bicyclic) bond motifs is 3. The molecule has 0 bridgehead atoms. The molecule has 33 heavy (non-hydrogen) atoms. The highest BCUT2D eigenvalue weighted by Crippen LogP contribution is 2.43. The first kappa shape index (κ1) is 21.6. The molecule has 1 saturated carbocycles. The van der Waals surface area contributed by atoms with E-state index >= 15 is 0 Å². The molecule has 0 atom stereocenters. The molecule has 0 unspecified atom stereocenters. The second-order valence-corrected chi connectivity index (χ2v) is 8.17. The zero-order valence-electron chi connectivity index (χ0n) is 17.7. The Bertz CT molecular complexity index is 1160. The van der Waals surface area contributed by atoms with E-state index in [-0.39, 0.29) is 24.6 Å². The van der Waals surface area contributed by atoms with E-state index in [0.29, 0.717) is 52.4 Å². The molecule has 0 saturated heterocycles. The lowest BCUT2D eigenvalue weighted by Crippen LogP contribution is -2.42. The quantitative estimate of drug-likeness (QED) is 0.465. The number of rotatable bonds is 4. The molecular weight excluding hydrogens is 441 g/mol. The van der Waals surface area contributed by atoms with E-state index in [9.17, 15) is 18.3 Å². The predicted octanol–water partition coefficient (Wildman–Crippen LogP) is 3.53. The van der Waals surface area contributed by atoms with Gasteiger partial charge >= 0.3 is 6.36 Å². The minimum Gasteiger partial charge on any atom is -0.472 e. The molecule has 3 aromatic rings. The van der Waals surface area contributed by atoms with Gasteiger partial charge in [0, 0.05) is 18.7 Å². The van der Waals surface area contributed by atoms with E-state index in [2.05, 4.69) is 25.7 Å². The topological polar surface area (TPSA) is 108 Å². The van der Waals surface area contributed by atoms with Gasteiger partial charge in [-0.3, -0.25) is 5.10 Å². The highest BCUT2D eigenvalue weighted by molar-refractivity contribution is 5.99. The van der Waals surface area contributed by atoms with Crippen molar-refractivity contribution in [2.45, 2.75) is 44.2 Å². The Labute approximate surface area is 186 Å². The van der Waals surface area contributed by atoms with Crippen LogP contribution in [-0.4, -0.2) is 52.6 Å². The number of hydrogen-bond donors (Lipinski definition) is 4. The number of anilines is 2. The predicted molar refractivity (Wildman–Crippen MR) is 115 cm³/mol. The molecule has 0 spiro atoms. The van der Waals surface area contributed by atoms with Gasteiger partial charge in [0.05, 0.1) is 6.10 Å². The van der Waals surface area contributed by atoms with Gasteiger partial charge in [-0.25, -0.2) is 4.98 Å². The lowest BCUT2D eigenvalue weighted by atomic mass is 9.93. The number of nitrogens with zero attached hydrogens (tertiary/aromatic N) is 3. The van der Waals surface area contributed by atoms with Crippen LogP contribution < -0.4 is 25.2 Å². The summed E-state index contributed by atoms with van der Waals surface area (Å²) < 4.78 is 48.0. The summed E-state index contributed by atoms with van der Waals surface area (Å²) in [5.41, 5.74) is 5.60. The molecule has 0 radical (unpaired) electrons. The van der Waals surface area contributed by atoms with Gasteiger partial charge in [0.2, 0.25) is 0 Å². The number of H-pyrrole nitrogens is 1. The summed E-state index contributed by atoms with van der Waals surface area (Å²) in [4.78, 5) is 4.80.